The Kier molecular flexibility index (Phi) is 3.49. The van der Waals surface area contributed by atoms with Crippen LogP contribution in [0.15, 0.2) is 24.3 Å². The van der Waals surface area contributed by atoms with Crippen LogP contribution in [0.2, 0.25) is 0 Å². The number of nitrogens with zero attached hydrogens (tertiary/aromatic N) is 2. The van der Waals surface area contributed by atoms with E-state index in [1.807, 2.05) is 18.7 Å². The van der Waals surface area contributed by atoms with Gasteiger partial charge in [0.1, 0.15) is 0 Å². The molecule has 1 heterocycles. The molecule has 1 atom stereocenters. The Morgan fingerprint density at radius 3 is 2.88 bits per heavy atom. The van der Waals surface area contributed by atoms with Gasteiger partial charge in [0, 0.05) is 17.8 Å². The standard InChI is InChI=1S/C13H17ClN2/c1-10(14)6-5-8-12-11-7-3-4-9-13(11)16(2)15-12/h3-4,7,9-10H,5-6,8H2,1-2H3. The zero-order valence-electron chi connectivity index (χ0n) is 9.78. The van der Waals surface area contributed by atoms with Crippen molar-refractivity contribution in [2.45, 2.75) is 31.6 Å². The second kappa shape index (κ2) is 4.88. The predicted octanol–water partition coefficient (Wildman–Crippen LogP) is 3.52. The van der Waals surface area contributed by atoms with Crippen molar-refractivity contribution >= 4 is 22.5 Å². The molecule has 2 nitrogen and oxygen atoms in total. The highest BCUT2D eigenvalue weighted by Crippen LogP contribution is 2.19. The molecule has 0 spiro atoms. The molecule has 0 fully saturated rings. The third-order valence-electron chi connectivity index (χ3n) is 2.85. The summed E-state index contributed by atoms with van der Waals surface area (Å²) in [5.74, 6) is 0. The van der Waals surface area contributed by atoms with Crippen molar-refractivity contribution in [3.63, 3.8) is 0 Å². The summed E-state index contributed by atoms with van der Waals surface area (Å²) in [5, 5.41) is 6.09. The number of rotatable bonds is 4. The van der Waals surface area contributed by atoms with E-state index >= 15 is 0 Å². The van der Waals surface area contributed by atoms with Gasteiger partial charge in [-0.3, -0.25) is 4.68 Å². The first-order chi connectivity index (χ1) is 7.68. The molecule has 0 aliphatic heterocycles. The van der Waals surface area contributed by atoms with Crippen molar-refractivity contribution < 1.29 is 0 Å². The first-order valence-electron chi connectivity index (χ1n) is 5.73. The third-order valence-corrected chi connectivity index (χ3v) is 3.07. The Bertz CT molecular complexity index is 474. The van der Waals surface area contributed by atoms with Crippen LogP contribution in [0.3, 0.4) is 0 Å². The molecule has 3 heteroatoms. The summed E-state index contributed by atoms with van der Waals surface area (Å²) in [6, 6.07) is 8.37. The minimum Gasteiger partial charge on any atom is -0.268 e. The van der Waals surface area contributed by atoms with Gasteiger partial charge in [0.15, 0.2) is 0 Å². The number of alkyl halides is 1. The Labute approximate surface area is 101 Å². The van der Waals surface area contributed by atoms with Gasteiger partial charge in [-0.25, -0.2) is 0 Å². The maximum Gasteiger partial charge on any atom is 0.0703 e. The average molecular weight is 237 g/mol. The molecule has 86 valence electrons. The van der Waals surface area contributed by atoms with Gasteiger partial charge in [-0.05, 0) is 32.3 Å². The molecule has 0 saturated heterocycles. The van der Waals surface area contributed by atoms with E-state index in [2.05, 4.69) is 29.4 Å². The van der Waals surface area contributed by atoms with Gasteiger partial charge in [0.05, 0.1) is 11.2 Å². The zero-order chi connectivity index (χ0) is 11.5. The molecule has 2 rings (SSSR count). The zero-order valence-corrected chi connectivity index (χ0v) is 10.5. The number of hydrogen-bond acceptors (Lipinski definition) is 1. The topological polar surface area (TPSA) is 17.8 Å². The van der Waals surface area contributed by atoms with Gasteiger partial charge < -0.3 is 0 Å². The molecule has 1 aromatic carbocycles. The van der Waals surface area contributed by atoms with E-state index in [1.54, 1.807) is 0 Å². The quantitative estimate of drug-likeness (QED) is 0.743. The summed E-state index contributed by atoms with van der Waals surface area (Å²) in [7, 11) is 2.00. The third kappa shape index (κ3) is 2.38. The summed E-state index contributed by atoms with van der Waals surface area (Å²) in [6.45, 7) is 2.04. The number of para-hydroxylation sites is 1. The predicted molar refractivity (Wildman–Crippen MR) is 69.0 cm³/mol. The summed E-state index contributed by atoms with van der Waals surface area (Å²) in [4.78, 5) is 0. The van der Waals surface area contributed by atoms with E-state index < -0.39 is 0 Å². The van der Waals surface area contributed by atoms with Gasteiger partial charge in [-0.2, -0.15) is 5.10 Å². The van der Waals surface area contributed by atoms with Crippen molar-refractivity contribution in [1.29, 1.82) is 0 Å². The van der Waals surface area contributed by atoms with Crippen LogP contribution in [-0.4, -0.2) is 15.2 Å². The lowest BCUT2D eigenvalue weighted by Gasteiger charge is -2.00. The monoisotopic (exact) mass is 236 g/mol. The molecule has 0 saturated carbocycles. The highest BCUT2D eigenvalue weighted by Gasteiger charge is 2.07. The number of halogens is 1. The average Bonchev–Trinajstić information content (AvgIpc) is 2.57. The van der Waals surface area contributed by atoms with Crippen LogP contribution in [-0.2, 0) is 13.5 Å². The molecule has 0 aliphatic carbocycles. The smallest absolute Gasteiger partial charge is 0.0703 e. The summed E-state index contributed by atoms with van der Waals surface area (Å²) in [5.41, 5.74) is 2.40. The van der Waals surface area contributed by atoms with Gasteiger partial charge in [-0.15, -0.1) is 11.6 Å². The van der Waals surface area contributed by atoms with E-state index in [-0.39, 0.29) is 5.38 Å². The van der Waals surface area contributed by atoms with Crippen LogP contribution >= 0.6 is 11.6 Å². The number of aryl methyl sites for hydroxylation is 2. The molecule has 2 aromatic rings. The fourth-order valence-corrected chi connectivity index (χ4v) is 2.18. The molecule has 0 N–H and O–H groups in total. The normalized spacial score (nSPS) is 13.2. The van der Waals surface area contributed by atoms with Crippen LogP contribution in [0.1, 0.15) is 25.5 Å². The molecule has 0 aliphatic rings. The first-order valence-corrected chi connectivity index (χ1v) is 6.17. The largest absolute Gasteiger partial charge is 0.268 e. The Balaban J connectivity index is 2.18. The second-order valence-corrected chi connectivity index (χ2v) is 5.01. The van der Waals surface area contributed by atoms with Crippen LogP contribution < -0.4 is 0 Å². The lowest BCUT2D eigenvalue weighted by molar-refractivity contribution is 0.693. The van der Waals surface area contributed by atoms with E-state index in [0.717, 1.165) is 19.3 Å². The Morgan fingerprint density at radius 2 is 2.12 bits per heavy atom. The van der Waals surface area contributed by atoms with Crippen molar-refractivity contribution in [2.75, 3.05) is 0 Å². The fourth-order valence-electron chi connectivity index (χ4n) is 2.02. The SMILES string of the molecule is CC(Cl)CCCc1nn(C)c2ccccc12. The van der Waals surface area contributed by atoms with Crippen LogP contribution in [0.25, 0.3) is 10.9 Å². The molecule has 1 aromatic heterocycles. The molecule has 16 heavy (non-hydrogen) atoms. The van der Waals surface area contributed by atoms with Crippen LogP contribution in [0.4, 0.5) is 0 Å². The van der Waals surface area contributed by atoms with Crippen molar-refractivity contribution in [1.82, 2.24) is 9.78 Å². The highest BCUT2D eigenvalue weighted by atomic mass is 35.5. The van der Waals surface area contributed by atoms with E-state index in [4.69, 9.17) is 11.6 Å². The molecular weight excluding hydrogens is 220 g/mol. The van der Waals surface area contributed by atoms with Crippen molar-refractivity contribution in [2.24, 2.45) is 7.05 Å². The van der Waals surface area contributed by atoms with Gasteiger partial charge in [0.2, 0.25) is 0 Å². The molecular formula is C13H17ClN2. The minimum absolute atomic E-state index is 0.259. The Hall–Kier alpha value is -1.02. The summed E-state index contributed by atoms with van der Waals surface area (Å²) in [6.07, 6.45) is 3.16. The summed E-state index contributed by atoms with van der Waals surface area (Å²) >= 11 is 5.94. The van der Waals surface area contributed by atoms with Gasteiger partial charge in [0.25, 0.3) is 0 Å². The minimum atomic E-state index is 0.259. The maximum atomic E-state index is 5.94. The van der Waals surface area contributed by atoms with Gasteiger partial charge >= 0.3 is 0 Å². The Morgan fingerprint density at radius 1 is 1.38 bits per heavy atom. The maximum absolute atomic E-state index is 5.94. The number of aromatic nitrogens is 2. The van der Waals surface area contributed by atoms with Crippen molar-refractivity contribution in [3.05, 3.63) is 30.0 Å². The lowest BCUT2D eigenvalue weighted by atomic mass is 10.1. The molecule has 1 unspecified atom stereocenters. The van der Waals surface area contributed by atoms with E-state index in [9.17, 15) is 0 Å². The molecule has 0 bridgehead atoms. The molecule has 0 amide bonds. The molecule has 0 radical (unpaired) electrons. The van der Waals surface area contributed by atoms with Gasteiger partial charge in [-0.1, -0.05) is 18.2 Å². The summed E-state index contributed by atoms with van der Waals surface area (Å²) < 4.78 is 1.95. The van der Waals surface area contributed by atoms with Crippen LogP contribution in [0.5, 0.6) is 0 Å². The van der Waals surface area contributed by atoms with Crippen LogP contribution in [0, 0.1) is 0 Å². The first kappa shape index (κ1) is 11.5. The van der Waals surface area contributed by atoms with E-state index in [1.165, 1.54) is 16.6 Å². The highest BCUT2D eigenvalue weighted by molar-refractivity contribution is 6.20. The number of benzene rings is 1. The second-order valence-electron chi connectivity index (χ2n) is 4.26. The van der Waals surface area contributed by atoms with E-state index in [0.29, 0.717) is 0 Å². The lowest BCUT2D eigenvalue weighted by Crippen LogP contribution is -1.95. The fraction of sp³-hybridized carbons (Fsp3) is 0.462. The number of fused-ring (bicyclic) bond motifs is 1. The van der Waals surface area contributed by atoms with Crippen molar-refractivity contribution in [3.8, 4) is 0 Å². The number of hydrogen-bond donors (Lipinski definition) is 0.